The molecule has 4 aromatic rings. The zero-order valence-electron chi connectivity index (χ0n) is 11.3. The van der Waals surface area contributed by atoms with Gasteiger partial charge in [0.2, 0.25) is 0 Å². The molecule has 0 bridgehead atoms. The number of nitrogens with zero attached hydrogens (tertiary/aromatic N) is 4. The molecule has 0 saturated heterocycles. The average molecular weight is 312 g/mol. The van der Waals surface area contributed by atoms with Gasteiger partial charge in [-0.15, -0.1) is 0 Å². The van der Waals surface area contributed by atoms with Crippen molar-refractivity contribution >= 4 is 39.5 Å². The summed E-state index contributed by atoms with van der Waals surface area (Å²) in [5.74, 6) is -0.0218. The zero-order valence-corrected chi connectivity index (χ0v) is 12.1. The number of Topliss-reactive ketones (excluding diaryl/α,β-unsaturated/α-hetero) is 1. The number of hydrogen-bond acceptors (Lipinski definition) is 4. The normalized spacial score (nSPS) is 11.3. The molecule has 6 nitrogen and oxygen atoms in total. The fraction of sp³-hybridized carbons (Fsp3) is 0.0667. The van der Waals surface area contributed by atoms with Gasteiger partial charge in [-0.25, -0.2) is 15.0 Å². The molecule has 0 fully saturated rings. The molecule has 0 aliphatic carbocycles. The summed E-state index contributed by atoms with van der Waals surface area (Å²) >= 11 is 5.97. The first-order valence-corrected chi connectivity index (χ1v) is 7.02. The van der Waals surface area contributed by atoms with Crippen LogP contribution < -0.4 is 0 Å². The molecule has 0 atom stereocenters. The number of benzene rings is 1. The lowest BCUT2D eigenvalue weighted by molar-refractivity contribution is 0.0975. The Bertz CT molecular complexity index is 1000. The molecule has 0 saturated carbocycles. The van der Waals surface area contributed by atoms with E-state index in [-0.39, 0.29) is 17.5 Å². The molecule has 4 rings (SSSR count). The number of halogens is 1. The lowest BCUT2D eigenvalue weighted by atomic mass is 10.1. The van der Waals surface area contributed by atoms with Gasteiger partial charge in [-0.05, 0) is 6.07 Å². The Kier molecular flexibility index (Phi) is 2.90. The molecule has 108 valence electrons. The summed E-state index contributed by atoms with van der Waals surface area (Å²) in [5, 5.41) is 1.19. The first-order chi connectivity index (χ1) is 10.7. The Morgan fingerprint density at radius 3 is 3.00 bits per heavy atom. The Hall–Kier alpha value is -2.73. The van der Waals surface area contributed by atoms with Crippen molar-refractivity contribution in [2.24, 2.45) is 0 Å². The Labute approximate surface area is 129 Å². The van der Waals surface area contributed by atoms with Crippen molar-refractivity contribution in [3.05, 3.63) is 53.8 Å². The molecule has 0 aliphatic rings. The van der Waals surface area contributed by atoms with Crippen molar-refractivity contribution in [1.82, 2.24) is 24.5 Å². The van der Waals surface area contributed by atoms with E-state index in [4.69, 9.17) is 11.6 Å². The molecule has 0 radical (unpaired) electrons. The molecule has 0 spiro atoms. The summed E-state index contributed by atoms with van der Waals surface area (Å²) < 4.78 is 1.67. The lowest BCUT2D eigenvalue weighted by Crippen LogP contribution is -2.09. The number of fused-ring (bicyclic) bond motifs is 2. The van der Waals surface area contributed by atoms with E-state index >= 15 is 0 Å². The average Bonchev–Trinajstić information content (AvgIpc) is 3.12. The second kappa shape index (κ2) is 4.92. The fourth-order valence-electron chi connectivity index (χ4n) is 2.51. The summed E-state index contributed by atoms with van der Waals surface area (Å²) in [6.45, 7) is 0.145. The SMILES string of the molecule is O=C(Cn1cnc2c(Cl)ncnc21)c1c[nH]c2ccccc12. The smallest absolute Gasteiger partial charge is 0.184 e. The number of carbonyl (C=O) groups is 1. The molecule has 0 unspecified atom stereocenters. The van der Waals surface area contributed by atoms with Crippen LogP contribution in [-0.2, 0) is 6.54 Å². The van der Waals surface area contributed by atoms with Gasteiger partial charge in [0, 0.05) is 22.7 Å². The van der Waals surface area contributed by atoms with Gasteiger partial charge < -0.3 is 9.55 Å². The topological polar surface area (TPSA) is 76.5 Å². The van der Waals surface area contributed by atoms with E-state index in [9.17, 15) is 4.79 Å². The van der Waals surface area contributed by atoms with Crippen LogP contribution in [0.2, 0.25) is 5.15 Å². The van der Waals surface area contributed by atoms with Crippen molar-refractivity contribution in [2.45, 2.75) is 6.54 Å². The van der Waals surface area contributed by atoms with Crippen LogP contribution in [-0.4, -0.2) is 30.3 Å². The van der Waals surface area contributed by atoms with Gasteiger partial charge in [0.05, 0.1) is 12.9 Å². The van der Waals surface area contributed by atoms with E-state index in [1.54, 1.807) is 17.1 Å². The van der Waals surface area contributed by atoms with E-state index in [2.05, 4.69) is 19.9 Å². The van der Waals surface area contributed by atoms with Gasteiger partial charge in [-0.3, -0.25) is 4.79 Å². The van der Waals surface area contributed by atoms with Crippen LogP contribution in [0.5, 0.6) is 0 Å². The van der Waals surface area contributed by atoms with Crippen molar-refractivity contribution < 1.29 is 4.79 Å². The van der Waals surface area contributed by atoms with Crippen LogP contribution in [0.15, 0.2) is 43.1 Å². The number of hydrogen-bond donors (Lipinski definition) is 1. The Balaban J connectivity index is 1.73. The van der Waals surface area contributed by atoms with Gasteiger partial charge in [0.25, 0.3) is 0 Å². The molecule has 0 aliphatic heterocycles. The summed E-state index contributed by atoms with van der Waals surface area (Å²) in [5.41, 5.74) is 2.63. The predicted molar refractivity (Wildman–Crippen MR) is 83.0 cm³/mol. The van der Waals surface area contributed by atoms with Gasteiger partial charge in [0.15, 0.2) is 16.6 Å². The third-order valence-corrected chi connectivity index (χ3v) is 3.84. The van der Waals surface area contributed by atoms with Crippen molar-refractivity contribution in [3.8, 4) is 0 Å². The van der Waals surface area contributed by atoms with Gasteiger partial charge in [-0.1, -0.05) is 29.8 Å². The quantitative estimate of drug-likeness (QED) is 0.466. The zero-order chi connectivity index (χ0) is 15.1. The number of carbonyl (C=O) groups excluding carboxylic acids is 1. The Morgan fingerprint density at radius 1 is 1.23 bits per heavy atom. The maximum Gasteiger partial charge on any atom is 0.184 e. The molecule has 3 heterocycles. The van der Waals surface area contributed by atoms with Crippen molar-refractivity contribution in [1.29, 1.82) is 0 Å². The predicted octanol–water partition coefficient (Wildman–Crippen LogP) is 2.84. The van der Waals surface area contributed by atoms with Crippen LogP contribution in [0.4, 0.5) is 0 Å². The number of para-hydroxylation sites is 1. The number of aromatic amines is 1. The van der Waals surface area contributed by atoms with Gasteiger partial charge in [0.1, 0.15) is 11.8 Å². The minimum Gasteiger partial charge on any atom is -0.360 e. The summed E-state index contributed by atoms with van der Waals surface area (Å²) in [6.07, 6.45) is 4.64. The molecular formula is C15H10ClN5O. The second-order valence-electron chi connectivity index (χ2n) is 4.88. The number of imidazole rings is 1. The maximum absolute atomic E-state index is 12.6. The van der Waals surface area contributed by atoms with E-state index in [0.29, 0.717) is 16.7 Å². The standard InChI is InChI=1S/C15H10ClN5O/c16-14-13-15(19-7-18-14)21(8-20-13)6-12(22)10-5-17-11-4-2-1-3-9(10)11/h1-5,7-8,17H,6H2. The minimum absolute atomic E-state index is 0.0218. The highest BCUT2D eigenvalue weighted by Crippen LogP contribution is 2.20. The minimum atomic E-state index is -0.0218. The number of aromatic nitrogens is 5. The second-order valence-corrected chi connectivity index (χ2v) is 5.24. The monoisotopic (exact) mass is 311 g/mol. The van der Waals surface area contributed by atoms with Crippen LogP contribution in [0.25, 0.3) is 22.1 Å². The summed E-state index contributed by atoms with van der Waals surface area (Å²) in [6, 6.07) is 7.69. The van der Waals surface area contributed by atoms with Crippen molar-refractivity contribution in [3.63, 3.8) is 0 Å². The third kappa shape index (κ3) is 1.96. The van der Waals surface area contributed by atoms with Crippen LogP contribution in [0.3, 0.4) is 0 Å². The number of nitrogens with one attached hydrogen (secondary N) is 1. The fourth-order valence-corrected chi connectivity index (χ4v) is 2.69. The van der Waals surface area contributed by atoms with Gasteiger partial charge >= 0.3 is 0 Å². The highest BCUT2D eigenvalue weighted by Gasteiger charge is 2.15. The molecule has 22 heavy (non-hydrogen) atoms. The third-order valence-electron chi connectivity index (χ3n) is 3.56. The van der Waals surface area contributed by atoms with E-state index in [1.807, 2.05) is 24.3 Å². The number of rotatable bonds is 3. The van der Waals surface area contributed by atoms with Crippen LogP contribution >= 0.6 is 11.6 Å². The van der Waals surface area contributed by atoms with Crippen LogP contribution in [0.1, 0.15) is 10.4 Å². The van der Waals surface area contributed by atoms with Crippen LogP contribution in [0, 0.1) is 0 Å². The summed E-state index contributed by atoms with van der Waals surface area (Å²) in [7, 11) is 0. The molecule has 3 aromatic heterocycles. The van der Waals surface area contributed by atoms with Gasteiger partial charge in [-0.2, -0.15) is 0 Å². The molecule has 1 aromatic carbocycles. The van der Waals surface area contributed by atoms with E-state index < -0.39 is 0 Å². The first kappa shape index (κ1) is 13.0. The molecule has 7 heteroatoms. The number of H-pyrrole nitrogens is 1. The van der Waals surface area contributed by atoms with Crippen molar-refractivity contribution in [2.75, 3.05) is 0 Å². The maximum atomic E-state index is 12.6. The molecule has 1 N–H and O–H groups in total. The largest absolute Gasteiger partial charge is 0.360 e. The first-order valence-electron chi connectivity index (χ1n) is 6.64. The summed E-state index contributed by atoms with van der Waals surface area (Å²) in [4.78, 5) is 27.9. The Morgan fingerprint density at radius 2 is 2.09 bits per heavy atom. The van der Waals surface area contributed by atoms with E-state index in [1.165, 1.54) is 6.33 Å². The molecule has 0 amide bonds. The highest BCUT2D eigenvalue weighted by molar-refractivity contribution is 6.33. The number of ketones is 1. The lowest BCUT2D eigenvalue weighted by Gasteiger charge is -2.02. The van der Waals surface area contributed by atoms with E-state index in [0.717, 1.165) is 10.9 Å². The highest BCUT2D eigenvalue weighted by atomic mass is 35.5. The molecular weight excluding hydrogens is 302 g/mol.